The van der Waals surface area contributed by atoms with Crippen LogP contribution in [0.4, 0.5) is 0 Å². The second-order valence-electron chi connectivity index (χ2n) is 6.80. The molecule has 0 radical (unpaired) electrons. The van der Waals surface area contributed by atoms with Crippen molar-refractivity contribution in [3.8, 4) is 0 Å². The summed E-state index contributed by atoms with van der Waals surface area (Å²) in [5.74, 6) is -1.01. The van der Waals surface area contributed by atoms with Crippen LogP contribution in [0.3, 0.4) is 0 Å². The van der Waals surface area contributed by atoms with Gasteiger partial charge in [-0.3, -0.25) is 9.69 Å². The number of aromatic carboxylic acids is 1. The fraction of sp³-hybridized carbons (Fsp3) is 0.333. The van der Waals surface area contributed by atoms with Crippen LogP contribution in [0.2, 0.25) is 0 Å². The van der Waals surface area contributed by atoms with Crippen LogP contribution in [-0.4, -0.2) is 52.5 Å². The van der Waals surface area contributed by atoms with Gasteiger partial charge in [-0.15, -0.1) is 0 Å². The van der Waals surface area contributed by atoms with E-state index in [4.69, 9.17) is 5.11 Å². The number of nitrogens with zero attached hydrogens (tertiary/aromatic N) is 2. The normalized spacial score (nSPS) is 18.3. The second-order valence-corrected chi connectivity index (χ2v) is 6.80. The first-order valence-electron chi connectivity index (χ1n) is 8.95. The van der Waals surface area contributed by atoms with E-state index in [0.29, 0.717) is 12.1 Å². The highest BCUT2D eigenvalue weighted by Gasteiger charge is 2.26. The lowest BCUT2D eigenvalue weighted by atomic mass is 10.1. The van der Waals surface area contributed by atoms with Gasteiger partial charge in [-0.2, -0.15) is 0 Å². The van der Waals surface area contributed by atoms with Gasteiger partial charge in [-0.05, 0) is 43.2 Å². The van der Waals surface area contributed by atoms with E-state index in [2.05, 4.69) is 24.0 Å². The van der Waals surface area contributed by atoms with Gasteiger partial charge >= 0.3 is 5.97 Å². The molecule has 0 bridgehead atoms. The van der Waals surface area contributed by atoms with Crippen molar-refractivity contribution in [1.82, 2.24) is 9.80 Å². The molecule has 5 nitrogen and oxygen atoms in total. The molecule has 2 aromatic rings. The molecule has 3 rings (SSSR count). The molecule has 1 aliphatic rings. The van der Waals surface area contributed by atoms with Gasteiger partial charge in [0.15, 0.2) is 0 Å². The van der Waals surface area contributed by atoms with Gasteiger partial charge in [0, 0.05) is 37.8 Å². The lowest BCUT2D eigenvalue weighted by Crippen LogP contribution is -2.42. The minimum absolute atomic E-state index is 0.0315. The number of rotatable bonds is 4. The molecular weight excluding hydrogens is 328 g/mol. The minimum Gasteiger partial charge on any atom is -0.478 e. The molecule has 1 heterocycles. The summed E-state index contributed by atoms with van der Waals surface area (Å²) in [6.45, 7) is 5.47. The summed E-state index contributed by atoms with van der Waals surface area (Å²) in [4.78, 5) is 28.1. The Hall–Kier alpha value is -2.66. The average Bonchev–Trinajstić information content (AvgIpc) is 2.83. The fourth-order valence-corrected chi connectivity index (χ4v) is 3.46. The van der Waals surface area contributed by atoms with E-state index in [9.17, 15) is 9.59 Å². The first kappa shape index (κ1) is 18.1. The maximum absolute atomic E-state index is 12.9. The SMILES string of the molecule is CC1CN(Cc2ccccc2)CCCN1C(=O)c1ccc(C(=O)O)cc1. The number of carbonyl (C=O) groups is 2. The molecule has 0 aromatic heterocycles. The zero-order valence-electron chi connectivity index (χ0n) is 15.0. The van der Waals surface area contributed by atoms with Gasteiger partial charge in [0.25, 0.3) is 5.91 Å². The van der Waals surface area contributed by atoms with E-state index in [1.54, 1.807) is 12.1 Å². The Bertz CT molecular complexity index is 759. The molecular formula is C21H24N2O3. The lowest BCUT2D eigenvalue weighted by molar-refractivity contribution is 0.0680. The number of benzene rings is 2. The number of carboxylic acid groups (broad SMARTS) is 1. The van der Waals surface area contributed by atoms with Crippen LogP contribution in [0.5, 0.6) is 0 Å². The van der Waals surface area contributed by atoms with Crippen LogP contribution < -0.4 is 0 Å². The summed E-state index contributed by atoms with van der Waals surface area (Å²) in [5, 5.41) is 8.99. The highest BCUT2D eigenvalue weighted by Crippen LogP contribution is 2.17. The third-order valence-electron chi connectivity index (χ3n) is 4.82. The Kier molecular flexibility index (Phi) is 5.68. The predicted molar refractivity (Wildman–Crippen MR) is 100 cm³/mol. The first-order valence-corrected chi connectivity index (χ1v) is 8.95. The summed E-state index contributed by atoms with van der Waals surface area (Å²) in [6.07, 6.45) is 0.927. The molecule has 1 aliphatic heterocycles. The Morgan fingerprint density at radius 1 is 1.00 bits per heavy atom. The van der Waals surface area contributed by atoms with Crippen molar-refractivity contribution in [2.45, 2.75) is 25.9 Å². The topological polar surface area (TPSA) is 60.9 Å². The largest absolute Gasteiger partial charge is 0.478 e. The molecule has 2 aromatic carbocycles. The van der Waals surface area contributed by atoms with Crippen molar-refractivity contribution in [1.29, 1.82) is 0 Å². The fourth-order valence-electron chi connectivity index (χ4n) is 3.46. The van der Waals surface area contributed by atoms with E-state index in [1.807, 2.05) is 23.1 Å². The molecule has 136 valence electrons. The van der Waals surface area contributed by atoms with Crippen molar-refractivity contribution in [2.24, 2.45) is 0 Å². The minimum atomic E-state index is -0.983. The summed E-state index contributed by atoms with van der Waals surface area (Å²) < 4.78 is 0. The van der Waals surface area contributed by atoms with Gasteiger partial charge < -0.3 is 10.0 Å². The van der Waals surface area contributed by atoms with Gasteiger partial charge in [0.2, 0.25) is 0 Å². The van der Waals surface area contributed by atoms with Crippen molar-refractivity contribution in [3.63, 3.8) is 0 Å². The molecule has 1 atom stereocenters. The summed E-state index contributed by atoms with van der Waals surface area (Å²) in [7, 11) is 0. The number of hydrogen-bond acceptors (Lipinski definition) is 3. The molecule has 0 aliphatic carbocycles. The zero-order chi connectivity index (χ0) is 18.5. The number of carbonyl (C=O) groups excluding carboxylic acids is 1. The molecule has 0 spiro atoms. The quantitative estimate of drug-likeness (QED) is 0.918. The van der Waals surface area contributed by atoms with E-state index in [-0.39, 0.29) is 17.5 Å². The smallest absolute Gasteiger partial charge is 0.335 e. The Morgan fingerprint density at radius 3 is 2.31 bits per heavy atom. The highest BCUT2D eigenvalue weighted by atomic mass is 16.4. The van der Waals surface area contributed by atoms with E-state index in [1.165, 1.54) is 17.7 Å². The predicted octanol–water partition coefficient (Wildman–Crippen LogP) is 3.12. The molecule has 1 N–H and O–H groups in total. The lowest BCUT2D eigenvalue weighted by Gasteiger charge is -2.29. The molecule has 1 amide bonds. The molecule has 0 saturated carbocycles. The van der Waals surface area contributed by atoms with Crippen LogP contribution in [-0.2, 0) is 6.54 Å². The van der Waals surface area contributed by atoms with Gasteiger partial charge in [-0.1, -0.05) is 30.3 Å². The van der Waals surface area contributed by atoms with E-state index >= 15 is 0 Å². The number of hydrogen-bond donors (Lipinski definition) is 1. The van der Waals surface area contributed by atoms with Crippen LogP contribution in [0.1, 0.15) is 39.6 Å². The van der Waals surface area contributed by atoms with Crippen LogP contribution in [0.25, 0.3) is 0 Å². The summed E-state index contributed by atoms with van der Waals surface area (Å²) >= 11 is 0. The average molecular weight is 352 g/mol. The number of carboxylic acids is 1. The van der Waals surface area contributed by atoms with Gasteiger partial charge in [-0.25, -0.2) is 4.79 Å². The Morgan fingerprint density at radius 2 is 1.65 bits per heavy atom. The highest BCUT2D eigenvalue weighted by molar-refractivity contribution is 5.96. The summed E-state index contributed by atoms with van der Waals surface area (Å²) in [5.41, 5.74) is 2.02. The molecule has 5 heteroatoms. The second kappa shape index (κ2) is 8.15. The molecule has 26 heavy (non-hydrogen) atoms. The maximum atomic E-state index is 12.9. The standard InChI is InChI=1S/C21H24N2O3/c1-16-14-22(15-17-6-3-2-4-7-17)12-5-13-23(16)20(24)18-8-10-19(11-9-18)21(25)26/h2-4,6-11,16H,5,12-15H2,1H3,(H,25,26). The monoisotopic (exact) mass is 352 g/mol. The Labute approximate surface area is 153 Å². The van der Waals surface area contributed by atoms with Crippen molar-refractivity contribution < 1.29 is 14.7 Å². The zero-order valence-corrected chi connectivity index (χ0v) is 15.0. The van der Waals surface area contributed by atoms with Crippen LogP contribution in [0, 0.1) is 0 Å². The Balaban J connectivity index is 1.67. The molecule has 1 saturated heterocycles. The van der Waals surface area contributed by atoms with Crippen LogP contribution >= 0.6 is 0 Å². The maximum Gasteiger partial charge on any atom is 0.335 e. The number of amides is 1. The third-order valence-corrected chi connectivity index (χ3v) is 4.82. The molecule has 1 fully saturated rings. The van der Waals surface area contributed by atoms with E-state index in [0.717, 1.165) is 26.1 Å². The van der Waals surface area contributed by atoms with Gasteiger partial charge in [0.05, 0.1) is 5.56 Å². The summed E-state index contributed by atoms with van der Waals surface area (Å²) in [6, 6.07) is 16.7. The van der Waals surface area contributed by atoms with Crippen molar-refractivity contribution in [2.75, 3.05) is 19.6 Å². The van der Waals surface area contributed by atoms with Gasteiger partial charge in [0.1, 0.15) is 0 Å². The van der Waals surface area contributed by atoms with E-state index < -0.39 is 5.97 Å². The van der Waals surface area contributed by atoms with Crippen molar-refractivity contribution >= 4 is 11.9 Å². The first-order chi connectivity index (χ1) is 12.5. The third kappa shape index (κ3) is 4.29. The van der Waals surface area contributed by atoms with Crippen LogP contribution in [0.15, 0.2) is 54.6 Å². The molecule has 1 unspecified atom stereocenters. The van der Waals surface area contributed by atoms with Crippen molar-refractivity contribution in [3.05, 3.63) is 71.3 Å².